The first-order valence-electron chi connectivity index (χ1n) is 8.35. The number of carbonyl (C=O) groups excluding carboxylic acids is 2. The van der Waals surface area contributed by atoms with Crippen LogP contribution in [0.15, 0.2) is 5.38 Å². The summed E-state index contributed by atoms with van der Waals surface area (Å²) in [6.45, 7) is 6.65. The SMILES string of the molecule is Cc1nscc1C(=O)N1CCN(CCNC(=O)C2CCC2)CC1. The number of nitrogens with one attached hydrogen (secondary N) is 1. The highest BCUT2D eigenvalue weighted by Gasteiger charge is 2.26. The predicted molar refractivity (Wildman–Crippen MR) is 89.5 cm³/mol. The summed E-state index contributed by atoms with van der Waals surface area (Å²) in [6.07, 6.45) is 3.28. The molecule has 1 N–H and O–H groups in total. The number of carbonyl (C=O) groups is 2. The highest BCUT2D eigenvalue weighted by Crippen LogP contribution is 2.26. The van der Waals surface area contributed by atoms with Crippen LogP contribution in [0.1, 0.15) is 35.3 Å². The lowest BCUT2D eigenvalue weighted by molar-refractivity contribution is -0.127. The third-order valence-electron chi connectivity index (χ3n) is 4.84. The van der Waals surface area contributed by atoms with Crippen molar-refractivity contribution in [1.82, 2.24) is 19.5 Å². The molecule has 0 aromatic carbocycles. The molecule has 0 unspecified atom stereocenters. The monoisotopic (exact) mass is 336 g/mol. The van der Waals surface area contributed by atoms with E-state index < -0.39 is 0 Å². The van der Waals surface area contributed by atoms with E-state index in [9.17, 15) is 9.59 Å². The lowest BCUT2D eigenvalue weighted by Gasteiger charge is -2.35. The Morgan fingerprint density at radius 2 is 2.04 bits per heavy atom. The van der Waals surface area contributed by atoms with E-state index in [-0.39, 0.29) is 17.7 Å². The molecule has 2 fully saturated rings. The van der Waals surface area contributed by atoms with Crippen molar-refractivity contribution in [2.24, 2.45) is 5.92 Å². The van der Waals surface area contributed by atoms with Gasteiger partial charge in [0, 0.05) is 50.6 Å². The Hall–Kier alpha value is -1.47. The molecule has 1 aromatic heterocycles. The summed E-state index contributed by atoms with van der Waals surface area (Å²) >= 11 is 1.33. The van der Waals surface area contributed by atoms with Gasteiger partial charge in [-0.3, -0.25) is 14.5 Å². The molecule has 0 atom stereocenters. The van der Waals surface area contributed by atoms with Crippen LogP contribution >= 0.6 is 11.5 Å². The van der Waals surface area contributed by atoms with Crippen molar-refractivity contribution in [3.05, 3.63) is 16.6 Å². The average molecular weight is 336 g/mol. The van der Waals surface area contributed by atoms with Crippen LogP contribution in [0.3, 0.4) is 0 Å². The topological polar surface area (TPSA) is 65.5 Å². The summed E-state index contributed by atoms with van der Waals surface area (Å²) in [5.41, 5.74) is 1.55. The van der Waals surface area contributed by atoms with E-state index in [2.05, 4.69) is 14.6 Å². The van der Waals surface area contributed by atoms with E-state index >= 15 is 0 Å². The van der Waals surface area contributed by atoms with E-state index in [1.807, 2.05) is 17.2 Å². The second-order valence-electron chi connectivity index (χ2n) is 6.37. The Labute approximate surface area is 141 Å². The molecule has 7 heteroatoms. The minimum absolute atomic E-state index is 0.0918. The third kappa shape index (κ3) is 3.90. The highest BCUT2D eigenvalue weighted by molar-refractivity contribution is 7.03. The third-order valence-corrected chi connectivity index (χ3v) is 5.56. The number of nitrogens with zero attached hydrogens (tertiary/aromatic N) is 3. The fraction of sp³-hybridized carbons (Fsp3) is 0.688. The lowest BCUT2D eigenvalue weighted by atomic mass is 9.85. The minimum Gasteiger partial charge on any atom is -0.355 e. The van der Waals surface area contributed by atoms with Crippen molar-refractivity contribution in [2.75, 3.05) is 39.3 Å². The molecule has 1 aliphatic heterocycles. The van der Waals surface area contributed by atoms with Crippen LogP contribution in [0.4, 0.5) is 0 Å². The molecule has 0 bridgehead atoms. The van der Waals surface area contributed by atoms with Gasteiger partial charge < -0.3 is 10.2 Å². The number of amides is 2. The van der Waals surface area contributed by atoms with Crippen molar-refractivity contribution >= 4 is 23.3 Å². The van der Waals surface area contributed by atoms with Gasteiger partial charge in [0.15, 0.2) is 0 Å². The van der Waals surface area contributed by atoms with Crippen molar-refractivity contribution < 1.29 is 9.59 Å². The van der Waals surface area contributed by atoms with Gasteiger partial charge in [-0.15, -0.1) is 0 Å². The van der Waals surface area contributed by atoms with Crippen LogP contribution in [0.5, 0.6) is 0 Å². The molecule has 6 nitrogen and oxygen atoms in total. The summed E-state index contributed by atoms with van der Waals surface area (Å²) < 4.78 is 4.17. The quantitative estimate of drug-likeness (QED) is 0.875. The van der Waals surface area contributed by atoms with Crippen LogP contribution < -0.4 is 5.32 Å². The molecule has 1 saturated carbocycles. The van der Waals surface area contributed by atoms with E-state index in [0.29, 0.717) is 6.54 Å². The van der Waals surface area contributed by atoms with E-state index in [1.165, 1.54) is 18.0 Å². The maximum absolute atomic E-state index is 12.4. The van der Waals surface area contributed by atoms with Crippen molar-refractivity contribution in [3.8, 4) is 0 Å². The van der Waals surface area contributed by atoms with Gasteiger partial charge in [0.25, 0.3) is 5.91 Å². The Balaban J connectivity index is 1.37. The molecule has 2 aliphatic rings. The molecular weight excluding hydrogens is 312 g/mol. The van der Waals surface area contributed by atoms with Gasteiger partial charge in [-0.2, -0.15) is 4.37 Å². The molecule has 126 valence electrons. The second kappa shape index (κ2) is 7.40. The van der Waals surface area contributed by atoms with E-state index in [1.54, 1.807) is 0 Å². The Morgan fingerprint density at radius 3 is 2.61 bits per heavy atom. The van der Waals surface area contributed by atoms with Crippen molar-refractivity contribution in [2.45, 2.75) is 26.2 Å². The molecule has 0 spiro atoms. The second-order valence-corrected chi connectivity index (χ2v) is 7.00. The Bertz CT molecular complexity index is 562. The summed E-state index contributed by atoms with van der Waals surface area (Å²) in [4.78, 5) is 28.4. The largest absolute Gasteiger partial charge is 0.355 e. The van der Waals surface area contributed by atoms with Gasteiger partial charge in [-0.25, -0.2) is 0 Å². The molecule has 2 heterocycles. The molecule has 2 amide bonds. The summed E-state index contributed by atoms with van der Waals surface area (Å²) in [5.74, 6) is 0.562. The molecule has 23 heavy (non-hydrogen) atoms. The minimum atomic E-state index is 0.0918. The van der Waals surface area contributed by atoms with Crippen molar-refractivity contribution in [1.29, 1.82) is 0 Å². The van der Waals surface area contributed by atoms with Crippen LogP contribution in [0.25, 0.3) is 0 Å². The van der Waals surface area contributed by atoms with Gasteiger partial charge in [-0.05, 0) is 31.3 Å². The normalized spacial score (nSPS) is 19.4. The zero-order chi connectivity index (χ0) is 16.2. The van der Waals surface area contributed by atoms with Crippen LogP contribution in [-0.2, 0) is 4.79 Å². The molecule has 3 rings (SSSR count). The fourth-order valence-electron chi connectivity index (χ4n) is 2.99. The Morgan fingerprint density at radius 1 is 1.30 bits per heavy atom. The maximum atomic E-state index is 12.4. The number of aryl methyl sites for hydroxylation is 1. The van der Waals surface area contributed by atoms with Crippen LogP contribution in [-0.4, -0.2) is 65.3 Å². The molecule has 1 aliphatic carbocycles. The smallest absolute Gasteiger partial charge is 0.256 e. The van der Waals surface area contributed by atoms with Gasteiger partial charge in [0.1, 0.15) is 0 Å². The lowest BCUT2D eigenvalue weighted by Crippen LogP contribution is -2.50. The van der Waals surface area contributed by atoms with Crippen LogP contribution in [0, 0.1) is 12.8 Å². The first kappa shape index (κ1) is 16.4. The first-order valence-corrected chi connectivity index (χ1v) is 9.19. The highest BCUT2D eigenvalue weighted by atomic mass is 32.1. The number of piperazine rings is 1. The van der Waals surface area contributed by atoms with Crippen molar-refractivity contribution in [3.63, 3.8) is 0 Å². The predicted octanol–water partition coefficient (Wildman–Crippen LogP) is 1.13. The summed E-state index contributed by atoms with van der Waals surface area (Å²) in [7, 11) is 0. The van der Waals surface area contributed by atoms with Gasteiger partial charge in [0.05, 0.1) is 11.3 Å². The number of rotatable bonds is 5. The van der Waals surface area contributed by atoms with Gasteiger partial charge in [-0.1, -0.05) is 6.42 Å². The van der Waals surface area contributed by atoms with Gasteiger partial charge in [0.2, 0.25) is 5.91 Å². The van der Waals surface area contributed by atoms with Crippen LogP contribution in [0.2, 0.25) is 0 Å². The number of aromatic nitrogens is 1. The first-order chi connectivity index (χ1) is 11.1. The number of hydrogen-bond donors (Lipinski definition) is 1. The summed E-state index contributed by atoms with van der Waals surface area (Å²) in [5, 5.41) is 4.86. The Kier molecular flexibility index (Phi) is 5.27. The maximum Gasteiger partial charge on any atom is 0.256 e. The average Bonchev–Trinajstić information content (AvgIpc) is 2.91. The number of hydrogen-bond acceptors (Lipinski definition) is 5. The molecule has 1 aromatic rings. The molecular formula is C16H24N4O2S. The zero-order valence-electron chi connectivity index (χ0n) is 13.6. The van der Waals surface area contributed by atoms with E-state index in [4.69, 9.17) is 0 Å². The van der Waals surface area contributed by atoms with E-state index in [0.717, 1.165) is 56.8 Å². The fourth-order valence-corrected chi connectivity index (χ4v) is 3.68. The molecule has 0 radical (unpaired) electrons. The standard InChI is InChI=1S/C16H24N4O2S/c1-12-14(11-23-18-12)16(22)20-9-7-19(8-10-20)6-5-17-15(21)13-3-2-4-13/h11,13H,2-10H2,1H3,(H,17,21). The zero-order valence-corrected chi connectivity index (χ0v) is 14.4. The summed E-state index contributed by atoms with van der Waals surface area (Å²) in [6, 6.07) is 0. The van der Waals surface area contributed by atoms with Gasteiger partial charge >= 0.3 is 0 Å². The molecule has 1 saturated heterocycles.